The van der Waals surface area contributed by atoms with Crippen LogP contribution in [0.25, 0.3) is 0 Å². The van der Waals surface area contributed by atoms with Crippen molar-refractivity contribution in [3.63, 3.8) is 0 Å². The van der Waals surface area contributed by atoms with Gasteiger partial charge in [-0.25, -0.2) is 4.79 Å². The summed E-state index contributed by atoms with van der Waals surface area (Å²) in [5.74, 6) is -0.626. The number of ether oxygens (including phenoxy) is 2. The molecule has 1 aromatic rings. The number of rotatable bonds is 6. The second-order valence-electron chi connectivity index (χ2n) is 3.87. The van der Waals surface area contributed by atoms with Gasteiger partial charge in [-0.05, 0) is 31.0 Å². The molecule has 0 aromatic heterocycles. The van der Waals surface area contributed by atoms with E-state index in [2.05, 4.69) is 6.92 Å². The Hall–Kier alpha value is -1.55. The van der Waals surface area contributed by atoms with Gasteiger partial charge in [0.25, 0.3) is 0 Å². The molecule has 0 heterocycles. The zero-order chi connectivity index (χ0) is 12.8. The highest BCUT2D eigenvalue weighted by molar-refractivity contribution is 5.90. The molecule has 0 spiro atoms. The molecule has 0 saturated carbocycles. The van der Waals surface area contributed by atoms with Gasteiger partial charge < -0.3 is 14.6 Å². The van der Waals surface area contributed by atoms with Crippen LogP contribution in [0.15, 0.2) is 18.2 Å². The summed E-state index contributed by atoms with van der Waals surface area (Å²) in [6.45, 7) is 4.52. The smallest absolute Gasteiger partial charge is 0.339 e. The van der Waals surface area contributed by atoms with Gasteiger partial charge in [-0.2, -0.15) is 0 Å². The minimum Gasteiger partial charge on any atom is -0.496 e. The van der Waals surface area contributed by atoms with E-state index in [-0.39, 0.29) is 11.7 Å². The highest BCUT2D eigenvalue weighted by Crippen LogP contribution is 2.21. The van der Waals surface area contributed by atoms with E-state index in [1.165, 1.54) is 13.2 Å². The van der Waals surface area contributed by atoms with Crippen LogP contribution in [0.2, 0.25) is 0 Å². The summed E-state index contributed by atoms with van der Waals surface area (Å²) < 4.78 is 10.6. The Morgan fingerprint density at radius 1 is 1.47 bits per heavy atom. The molecule has 0 aliphatic rings. The fourth-order valence-electron chi connectivity index (χ4n) is 1.36. The first kappa shape index (κ1) is 13.5. The van der Waals surface area contributed by atoms with Gasteiger partial charge in [0.05, 0.1) is 19.8 Å². The van der Waals surface area contributed by atoms with Crippen molar-refractivity contribution in [3.05, 3.63) is 29.3 Å². The number of carbonyl (C=O) groups is 1. The molecule has 17 heavy (non-hydrogen) atoms. The maximum Gasteiger partial charge on any atom is 0.339 e. The van der Waals surface area contributed by atoms with Crippen LogP contribution in [0.1, 0.15) is 36.2 Å². The highest BCUT2D eigenvalue weighted by atomic mass is 16.5. The second kappa shape index (κ2) is 6.25. The van der Waals surface area contributed by atoms with E-state index >= 15 is 0 Å². The zero-order valence-electron chi connectivity index (χ0n) is 10.4. The summed E-state index contributed by atoms with van der Waals surface area (Å²) in [4.78, 5) is 10.9. The Balaban J connectivity index is 2.79. The van der Waals surface area contributed by atoms with Crippen molar-refractivity contribution < 1.29 is 19.4 Å². The average molecular weight is 238 g/mol. The van der Waals surface area contributed by atoms with E-state index in [0.717, 1.165) is 12.0 Å². The van der Waals surface area contributed by atoms with Gasteiger partial charge in [-0.1, -0.05) is 13.0 Å². The monoisotopic (exact) mass is 238 g/mol. The lowest BCUT2D eigenvalue weighted by molar-refractivity contribution is 0.0506. The Morgan fingerprint density at radius 3 is 2.71 bits per heavy atom. The van der Waals surface area contributed by atoms with Crippen molar-refractivity contribution in [2.24, 2.45) is 0 Å². The highest BCUT2D eigenvalue weighted by Gasteiger charge is 2.11. The molecule has 94 valence electrons. The van der Waals surface area contributed by atoms with Gasteiger partial charge >= 0.3 is 5.97 Å². The van der Waals surface area contributed by atoms with Crippen LogP contribution in [0.5, 0.6) is 5.75 Å². The van der Waals surface area contributed by atoms with Crippen molar-refractivity contribution in [2.45, 2.75) is 33.0 Å². The largest absolute Gasteiger partial charge is 0.496 e. The van der Waals surface area contributed by atoms with Crippen molar-refractivity contribution >= 4 is 5.97 Å². The third kappa shape index (κ3) is 3.75. The molecule has 1 N–H and O–H groups in total. The van der Waals surface area contributed by atoms with Crippen molar-refractivity contribution in [3.8, 4) is 5.75 Å². The number of methoxy groups -OCH3 is 1. The predicted octanol–water partition coefficient (Wildman–Crippen LogP) is 2.71. The zero-order valence-corrected chi connectivity index (χ0v) is 10.4. The second-order valence-corrected chi connectivity index (χ2v) is 3.87. The molecule has 4 heteroatoms. The lowest BCUT2D eigenvalue weighted by atomic mass is 10.1. The number of aromatic carboxylic acids is 1. The van der Waals surface area contributed by atoms with Crippen LogP contribution >= 0.6 is 0 Å². The summed E-state index contributed by atoms with van der Waals surface area (Å²) in [5.41, 5.74) is 1.08. The van der Waals surface area contributed by atoms with Crippen molar-refractivity contribution in [1.29, 1.82) is 0 Å². The van der Waals surface area contributed by atoms with E-state index in [4.69, 9.17) is 14.6 Å². The molecule has 1 unspecified atom stereocenters. The molecule has 0 aliphatic carbocycles. The quantitative estimate of drug-likeness (QED) is 0.827. The fraction of sp³-hybridized carbons (Fsp3) is 0.462. The molecule has 1 rings (SSSR count). The summed E-state index contributed by atoms with van der Waals surface area (Å²) in [6, 6.07) is 4.98. The van der Waals surface area contributed by atoms with Crippen molar-refractivity contribution in [1.82, 2.24) is 0 Å². The Morgan fingerprint density at radius 2 is 2.18 bits per heavy atom. The van der Waals surface area contributed by atoms with E-state index in [9.17, 15) is 4.79 Å². The van der Waals surface area contributed by atoms with Gasteiger partial charge in [0.15, 0.2) is 0 Å². The lowest BCUT2D eigenvalue weighted by Crippen LogP contribution is -2.07. The molecule has 0 amide bonds. The normalized spacial score (nSPS) is 12.2. The molecular formula is C13H18O4. The molecule has 1 aromatic carbocycles. The summed E-state index contributed by atoms with van der Waals surface area (Å²) in [7, 11) is 1.46. The number of benzene rings is 1. The average Bonchev–Trinajstić information content (AvgIpc) is 2.35. The maximum absolute atomic E-state index is 10.9. The first-order chi connectivity index (χ1) is 8.08. The van der Waals surface area contributed by atoms with E-state index < -0.39 is 5.97 Å². The van der Waals surface area contributed by atoms with Crippen LogP contribution in [0.3, 0.4) is 0 Å². The summed E-state index contributed by atoms with van der Waals surface area (Å²) in [6.07, 6.45) is 1.14. The molecule has 0 bridgehead atoms. The van der Waals surface area contributed by atoms with Gasteiger partial charge in [-0.3, -0.25) is 0 Å². The standard InChI is InChI=1S/C13H18O4/c1-4-9(2)17-8-10-5-6-11(13(14)15)12(7-10)16-3/h5-7,9H,4,8H2,1-3H3,(H,14,15). The number of carboxylic acids is 1. The van der Waals surface area contributed by atoms with E-state index in [1.807, 2.05) is 6.92 Å². The SMILES string of the molecule is CCC(C)OCc1ccc(C(=O)O)c(OC)c1. The Labute approximate surface area is 101 Å². The first-order valence-corrected chi connectivity index (χ1v) is 5.60. The van der Waals surface area contributed by atoms with Crippen LogP contribution in [-0.4, -0.2) is 24.3 Å². The number of carboxylic acid groups (broad SMARTS) is 1. The first-order valence-electron chi connectivity index (χ1n) is 5.60. The van der Waals surface area contributed by atoms with Crippen LogP contribution in [-0.2, 0) is 11.3 Å². The third-order valence-electron chi connectivity index (χ3n) is 2.61. The van der Waals surface area contributed by atoms with Crippen LogP contribution < -0.4 is 4.74 Å². The minimum absolute atomic E-state index is 0.166. The topological polar surface area (TPSA) is 55.8 Å². The molecule has 1 atom stereocenters. The van der Waals surface area contributed by atoms with Gasteiger partial charge in [0.1, 0.15) is 11.3 Å². The molecule has 0 fully saturated rings. The Kier molecular flexibility index (Phi) is 4.97. The maximum atomic E-state index is 10.9. The Bertz CT molecular complexity index is 387. The molecular weight excluding hydrogens is 220 g/mol. The molecule has 0 aliphatic heterocycles. The molecule has 0 saturated heterocycles. The van der Waals surface area contributed by atoms with E-state index in [1.54, 1.807) is 12.1 Å². The number of hydrogen-bond donors (Lipinski definition) is 1. The van der Waals surface area contributed by atoms with Crippen LogP contribution in [0.4, 0.5) is 0 Å². The van der Waals surface area contributed by atoms with Gasteiger partial charge in [0, 0.05) is 0 Å². The summed E-state index contributed by atoms with van der Waals surface area (Å²) >= 11 is 0. The predicted molar refractivity (Wildman–Crippen MR) is 64.5 cm³/mol. The summed E-state index contributed by atoms with van der Waals surface area (Å²) in [5, 5.41) is 8.93. The number of hydrogen-bond acceptors (Lipinski definition) is 3. The molecule has 4 nitrogen and oxygen atoms in total. The van der Waals surface area contributed by atoms with E-state index in [0.29, 0.717) is 12.4 Å². The van der Waals surface area contributed by atoms with Gasteiger partial charge in [-0.15, -0.1) is 0 Å². The lowest BCUT2D eigenvalue weighted by Gasteiger charge is -2.12. The minimum atomic E-state index is -0.990. The fourth-order valence-corrected chi connectivity index (χ4v) is 1.36. The van der Waals surface area contributed by atoms with Crippen molar-refractivity contribution in [2.75, 3.05) is 7.11 Å². The van der Waals surface area contributed by atoms with Gasteiger partial charge in [0.2, 0.25) is 0 Å². The molecule has 0 radical (unpaired) electrons. The third-order valence-corrected chi connectivity index (χ3v) is 2.61. The van der Waals surface area contributed by atoms with Crippen LogP contribution in [0, 0.1) is 0 Å².